The second-order valence-corrected chi connectivity index (χ2v) is 7.56. The summed E-state index contributed by atoms with van der Waals surface area (Å²) < 4.78 is 41.6. The zero-order valence-corrected chi connectivity index (χ0v) is 13.7. The molecule has 1 unspecified atom stereocenters. The second kappa shape index (κ2) is 7.22. The molecule has 118 valence electrons. The Morgan fingerprint density at radius 1 is 1.43 bits per heavy atom. The maximum Gasteiger partial charge on any atom is 0.341 e. The van der Waals surface area contributed by atoms with Crippen molar-refractivity contribution in [1.29, 1.82) is 0 Å². The van der Waals surface area contributed by atoms with Gasteiger partial charge in [-0.25, -0.2) is 17.6 Å². The number of esters is 1. The lowest BCUT2D eigenvalue weighted by Crippen LogP contribution is -2.14. The molecular weight excluding hydrogens is 319 g/mol. The first kappa shape index (κ1) is 17.9. The lowest BCUT2D eigenvalue weighted by atomic mass is 10.1. The van der Waals surface area contributed by atoms with Gasteiger partial charge in [-0.1, -0.05) is 20.3 Å². The molecule has 1 atom stereocenters. The summed E-state index contributed by atoms with van der Waals surface area (Å²) in [6, 6.07) is 1.88. The van der Waals surface area contributed by atoms with E-state index >= 15 is 0 Å². The van der Waals surface area contributed by atoms with Crippen LogP contribution in [0, 0.1) is 18.7 Å². The maximum absolute atomic E-state index is 13.8. The molecule has 0 radical (unpaired) electrons. The van der Waals surface area contributed by atoms with Gasteiger partial charge in [0, 0.05) is 10.7 Å². The van der Waals surface area contributed by atoms with E-state index < -0.39 is 26.4 Å². The molecule has 0 heterocycles. The number of rotatable bonds is 6. The first-order chi connectivity index (χ1) is 9.66. The highest BCUT2D eigenvalue weighted by molar-refractivity contribution is 8.13. The van der Waals surface area contributed by atoms with Gasteiger partial charge in [-0.05, 0) is 37.0 Å². The van der Waals surface area contributed by atoms with E-state index in [4.69, 9.17) is 15.4 Å². The lowest BCUT2D eigenvalue weighted by Gasteiger charge is -2.12. The van der Waals surface area contributed by atoms with Crippen molar-refractivity contribution in [2.24, 2.45) is 5.92 Å². The van der Waals surface area contributed by atoms with E-state index in [1.165, 1.54) is 6.92 Å². The molecule has 0 fully saturated rings. The van der Waals surface area contributed by atoms with Gasteiger partial charge < -0.3 is 4.74 Å². The number of ether oxygens (including phenoxy) is 1. The van der Waals surface area contributed by atoms with Crippen LogP contribution in [0.3, 0.4) is 0 Å². The fourth-order valence-corrected chi connectivity index (χ4v) is 3.14. The van der Waals surface area contributed by atoms with E-state index in [0.29, 0.717) is 0 Å². The number of carbonyl (C=O) groups excluding carboxylic acids is 1. The Morgan fingerprint density at radius 3 is 2.57 bits per heavy atom. The van der Waals surface area contributed by atoms with Crippen molar-refractivity contribution in [3.05, 3.63) is 29.1 Å². The SMILES string of the molecule is CCCC(C)COC(=O)c1cc(S(=O)(=O)Cl)c(C)cc1F. The minimum Gasteiger partial charge on any atom is -0.462 e. The Labute approximate surface area is 128 Å². The van der Waals surface area contributed by atoms with Gasteiger partial charge in [0.25, 0.3) is 9.05 Å². The Hall–Kier alpha value is -1.14. The topological polar surface area (TPSA) is 60.4 Å². The fourth-order valence-electron chi connectivity index (χ4n) is 1.94. The highest BCUT2D eigenvalue weighted by Gasteiger charge is 2.21. The van der Waals surface area contributed by atoms with Crippen molar-refractivity contribution in [3.8, 4) is 0 Å². The maximum atomic E-state index is 13.8. The van der Waals surface area contributed by atoms with Gasteiger partial charge in [-0.3, -0.25) is 0 Å². The van der Waals surface area contributed by atoms with Gasteiger partial charge >= 0.3 is 5.97 Å². The largest absolute Gasteiger partial charge is 0.462 e. The molecule has 0 bridgehead atoms. The zero-order chi connectivity index (χ0) is 16.2. The molecule has 0 aliphatic carbocycles. The van der Waals surface area contributed by atoms with E-state index in [0.717, 1.165) is 25.0 Å². The molecule has 0 aromatic heterocycles. The summed E-state index contributed by atoms with van der Waals surface area (Å²) in [6.07, 6.45) is 1.83. The van der Waals surface area contributed by atoms with Crippen LogP contribution >= 0.6 is 10.7 Å². The summed E-state index contributed by atoms with van der Waals surface area (Å²) >= 11 is 0. The third-order valence-electron chi connectivity index (χ3n) is 3.03. The van der Waals surface area contributed by atoms with Gasteiger partial charge in [0.15, 0.2) is 0 Å². The number of halogens is 2. The molecule has 1 aromatic carbocycles. The van der Waals surface area contributed by atoms with Gasteiger partial charge in [-0.2, -0.15) is 0 Å². The Morgan fingerprint density at radius 2 is 2.05 bits per heavy atom. The van der Waals surface area contributed by atoms with E-state index in [2.05, 4.69) is 0 Å². The fraction of sp³-hybridized carbons (Fsp3) is 0.500. The number of hydrogen-bond acceptors (Lipinski definition) is 4. The predicted octanol–water partition coefficient (Wildman–Crippen LogP) is 3.65. The van der Waals surface area contributed by atoms with Crippen molar-refractivity contribution in [2.75, 3.05) is 6.61 Å². The Balaban J connectivity index is 3.00. The molecule has 0 N–H and O–H groups in total. The summed E-state index contributed by atoms with van der Waals surface area (Å²) in [5.41, 5.74) is -0.290. The summed E-state index contributed by atoms with van der Waals surface area (Å²) in [7, 11) is 1.21. The van der Waals surface area contributed by atoms with Gasteiger partial charge in [0.05, 0.1) is 17.1 Å². The van der Waals surface area contributed by atoms with Crippen LogP contribution in [0.25, 0.3) is 0 Å². The van der Waals surface area contributed by atoms with Crippen molar-refractivity contribution in [2.45, 2.75) is 38.5 Å². The van der Waals surface area contributed by atoms with Gasteiger partial charge in [0.1, 0.15) is 5.82 Å². The van der Waals surface area contributed by atoms with Crippen LogP contribution in [0.2, 0.25) is 0 Å². The molecule has 1 aromatic rings. The van der Waals surface area contributed by atoms with Crippen LogP contribution in [0.1, 0.15) is 42.6 Å². The van der Waals surface area contributed by atoms with Crippen LogP contribution in [-0.4, -0.2) is 21.0 Å². The molecule has 0 aliphatic heterocycles. The smallest absolute Gasteiger partial charge is 0.341 e. The van der Waals surface area contributed by atoms with Crippen LogP contribution in [-0.2, 0) is 13.8 Å². The number of aryl methyl sites for hydroxylation is 1. The minimum atomic E-state index is -4.05. The predicted molar refractivity (Wildman–Crippen MR) is 78.5 cm³/mol. The Bertz CT molecular complexity index is 628. The molecule has 21 heavy (non-hydrogen) atoms. The normalized spacial score (nSPS) is 13.0. The highest BCUT2D eigenvalue weighted by atomic mass is 35.7. The summed E-state index contributed by atoms with van der Waals surface area (Å²) in [6.45, 7) is 5.48. The summed E-state index contributed by atoms with van der Waals surface area (Å²) in [4.78, 5) is 11.6. The van der Waals surface area contributed by atoms with Crippen LogP contribution in [0.5, 0.6) is 0 Å². The number of benzene rings is 1. The monoisotopic (exact) mass is 336 g/mol. The summed E-state index contributed by atoms with van der Waals surface area (Å²) in [5, 5.41) is 0. The lowest BCUT2D eigenvalue weighted by molar-refractivity contribution is 0.0438. The van der Waals surface area contributed by atoms with Crippen molar-refractivity contribution in [1.82, 2.24) is 0 Å². The van der Waals surface area contributed by atoms with Crippen molar-refractivity contribution >= 4 is 25.7 Å². The Kier molecular flexibility index (Phi) is 6.16. The van der Waals surface area contributed by atoms with Gasteiger partial charge in [0.2, 0.25) is 0 Å². The zero-order valence-electron chi connectivity index (χ0n) is 12.2. The average Bonchev–Trinajstić information content (AvgIpc) is 2.34. The van der Waals surface area contributed by atoms with E-state index in [-0.39, 0.29) is 23.0 Å². The van der Waals surface area contributed by atoms with E-state index in [1.54, 1.807) is 0 Å². The van der Waals surface area contributed by atoms with E-state index in [1.807, 2.05) is 13.8 Å². The first-order valence-electron chi connectivity index (χ1n) is 6.58. The van der Waals surface area contributed by atoms with Crippen LogP contribution < -0.4 is 0 Å². The van der Waals surface area contributed by atoms with Crippen molar-refractivity contribution in [3.63, 3.8) is 0 Å². The average molecular weight is 337 g/mol. The molecule has 1 rings (SSSR count). The highest BCUT2D eigenvalue weighted by Crippen LogP contribution is 2.24. The number of hydrogen-bond donors (Lipinski definition) is 0. The molecule has 0 aliphatic rings. The van der Waals surface area contributed by atoms with E-state index in [9.17, 15) is 17.6 Å². The molecular formula is C14H18ClFO4S. The molecule has 0 amide bonds. The number of carbonyl (C=O) groups is 1. The standard InChI is InChI=1S/C14H18ClFO4S/c1-4-5-9(2)8-20-14(17)11-7-13(21(15,18)19)10(3)6-12(11)16/h6-7,9H,4-5,8H2,1-3H3. The molecule has 0 spiro atoms. The quantitative estimate of drug-likeness (QED) is 0.587. The molecule has 7 heteroatoms. The molecule has 4 nitrogen and oxygen atoms in total. The third kappa shape index (κ3) is 4.97. The van der Waals surface area contributed by atoms with Crippen molar-refractivity contribution < 1.29 is 22.3 Å². The van der Waals surface area contributed by atoms with Crippen LogP contribution in [0.4, 0.5) is 4.39 Å². The molecule has 0 saturated carbocycles. The first-order valence-corrected chi connectivity index (χ1v) is 8.89. The summed E-state index contributed by atoms with van der Waals surface area (Å²) in [5.74, 6) is -1.56. The minimum absolute atomic E-state index is 0.137. The molecule has 0 saturated heterocycles. The van der Waals surface area contributed by atoms with Gasteiger partial charge in [-0.15, -0.1) is 0 Å². The second-order valence-electron chi connectivity index (χ2n) is 5.03. The third-order valence-corrected chi connectivity index (χ3v) is 4.49. The van der Waals surface area contributed by atoms with Crippen LogP contribution in [0.15, 0.2) is 17.0 Å².